The quantitative estimate of drug-likeness (QED) is 0.489. The van der Waals surface area contributed by atoms with Gasteiger partial charge in [0, 0.05) is 32.6 Å². The molecule has 0 aromatic carbocycles. The zero-order valence-corrected chi connectivity index (χ0v) is 12.0. The van der Waals surface area contributed by atoms with E-state index in [4.69, 9.17) is 11.6 Å². The first kappa shape index (κ1) is 13.2. The largest absolute Gasteiger partial charge is 0.352 e. The first-order valence-electron chi connectivity index (χ1n) is 5.36. The van der Waals surface area contributed by atoms with Crippen molar-refractivity contribution in [1.82, 2.24) is 19.5 Å². The van der Waals surface area contributed by atoms with Crippen LogP contribution in [0.1, 0.15) is 5.82 Å². The highest BCUT2D eigenvalue weighted by Crippen LogP contribution is 2.20. The van der Waals surface area contributed by atoms with Crippen molar-refractivity contribution in [3.63, 3.8) is 0 Å². The first-order chi connectivity index (χ1) is 8.60. The van der Waals surface area contributed by atoms with Gasteiger partial charge in [-0.2, -0.15) is 0 Å². The molecule has 0 amide bonds. The third kappa shape index (κ3) is 2.94. The van der Waals surface area contributed by atoms with Gasteiger partial charge in [-0.3, -0.25) is 0 Å². The lowest BCUT2D eigenvalue weighted by Gasteiger charge is -2.18. The zero-order valence-electron chi connectivity index (χ0n) is 10.5. The number of nitrogens with zero attached hydrogens (tertiary/aromatic N) is 5. The molecule has 0 saturated carbocycles. The third-order valence-corrected chi connectivity index (χ3v) is 3.28. The highest BCUT2D eigenvalue weighted by molar-refractivity contribution is 7.98. The Morgan fingerprint density at radius 3 is 2.83 bits per heavy atom. The highest BCUT2D eigenvalue weighted by atomic mass is 35.5. The summed E-state index contributed by atoms with van der Waals surface area (Å²) >= 11 is 7.45. The average molecular weight is 284 g/mol. The van der Waals surface area contributed by atoms with Crippen molar-refractivity contribution in [2.75, 3.05) is 18.2 Å². The second kappa shape index (κ2) is 5.58. The van der Waals surface area contributed by atoms with Crippen LogP contribution in [0, 0.1) is 0 Å². The molecule has 2 aromatic rings. The van der Waals surface area contributed by atoms with Crippen molar-refractivity contribution in [3.05, 3.63) is 29.4 Å². The predicted molar refractivity (Wildman–Crippen MR) is 74.1 cm³/mol. The summed E-state index contributed by atoms with van der Waals surface area (Å²) in [4.78, 5) is 14.8. The number of hydrogen-bond donors (Lipinski definition) is 0. The van der Waals surface area contributed by atoms with Crippen molar-refractivity contribution in [1.29, 1.82) is 0 Å². The van der Waals surface area contributed by atoms with Crippen molar-refractivity contribution in [2.45, 2.75) is 11.7 Å². The molecule has 5 nitrogen and oxygen atoms in total. The average Bonchev–Trinajstić information content (AvgIpc) is 2.74. The highest BCUT2D eigenvalue weighted by Gasteiger charge is 2.09. The number of rotatable bonds is 4. The van der Waals surface area contributed by atoms with E-state index in [2.05, 4.69) is 15.0 Å². The molecule has 2 aromatic heterocycles. The Bertz CT molecular complexity index is 542. The van der Waals surface area contributed by atoms with Gasteiger partial charge in [-0.1, -0.05) is 23.4 Å². The fourth-order valence-electron chi connectivity index (χ4n) is 1.51. The predicted octanol–water partition coefficient (Wildman–Crippen LogP) is 2.22. The van der Waals surface area contributed by atoms with E-state index in [1.807, 2.05) is 36.0 Å². The van der Waals surface area contributed by atoms with Crippen molar-refractivity contribution >= 4 is 29.2 Å². The fraction of sp³-hybridized carbons (Fsp3) is 0.364. The van der Waals surface area contributed by atoms with E-state index in [0.29, 0.717) is 16.9 Å². The van der Waals surface area contributed by atoms with Crippen molar-refractivity contribution in [3.8, 4) is 0 Å². The lowest BCUT2D eigenvalue weighted by atomic mass is 10.4. The van der Waals surface area contributed by atoms with Gasteiger partial charge in [0.25, 0.3) is 0 Å². The molecule has 0 aliphatic rings. The molecular weight excluding hydrogens is 270 g/mol. The molecule has 18 heavy (non-hydrogen) atoms. The second-order valence-corrected chi connectivity index (χ2v) is 5.01. The molecule has 2 rings (SSSR count). The number of aromatic nitrogens is 4. The first-order valence-corrected chi connectivity index (χ1v) is 6.96. The number of imidazole rings is 1. The molecule has 0 unspecified atom stereocenters. The molecule has 0 fully saturated rings. The maximum Gasteiger partial charge on any atom is 0.190 e. The van der Waals surface area contributed by atoms with Crippen LogP contribution < -0.4 is 4.90 Å². The molecule has 0 spiro atoms. The number of halogens is 1. The normalized spacial score (nSPS) is 10.7. The molecule has 0 aliphatic carbocycles. The minimum Gasteiger partial charge on any atom is -0.352 e. The molecule has 7 heteroatoms. The van der Waals surface area contributed by atoms with E-state index < -0.39 is 0 Å². The maximum absolute atomic E-state index is 5.97. The van der Waals surface area contributed by atoms with Gasteiger partial charge in [-0.05, 0) is 6.26 Å². The summed E-state index contributed by atoms with van der Waals surface area (Å²) in [6.07, 6.45) is 5.63. The summed E-state index contributed by atoms with van der Waals surface area (Å²) in [6.45, 7) is 0.671. The summed E-state index contributed by atoms with van der Waals surface area (Å²) < 4.78 is 1.98. The molecule has 0 atom stereocenters. The second-order valence-electron chi connectivity index (χ2n) is 3.85. The van der Waals surface area contributed by atoms with Gasteiger partial charge in [0.2, 0.25) is 0 Å². The monoisotopic (exact) mass is 283 g/mol. The van der Waals surface area contributed by atoms with Gasteiger partial charge < -0.3 is 9.47 Å². The molecule has 2 heterocycles. The van der Waals surface area contributed by atoms with E-state index in [1.165, 1.54) is 11.8 Å². The lowest BCUT2D eigenvalue weighted by Crippen LogP contribution is -2.20. The topological polar surface area (TPSA) is 46.8 Å². The number of aryl methyl sites for hydroxylation is 1. The summed E-state index contributed by atoms with van der Waals surface area (Å²) in [5.41, 5.74) is 0. The maximum atomic E-state index is 5.97. The van der Waals surface area contributed by atoms with Gasteiger partial charge >= 0.3 is 0 Å². The summed E-state index contributed by atoms with van der Waals surface area (Å²) in [6, 6.07) is 1.75. The van der Waals surface area contributed by atoms with E-state index in [1.54, 1.807) is 12.3 Å². The van der Waals surface area contributed by atoms with Crippen molar-refractivity contribution < 1.29 is 0 Å². The van der Waals surface area contributed by atoms with Crippen LogP contribution in [0.15, 0.2) is 23.6 Å². The number of thioether (sulfide) groups is 1. The van der Waals surface area contributed by atoms with Crippen molar-refractivity contribution in [2.24, 2.45) is 7.05 Å². The van der Waals surface area contributed by atoms with Crippen LogP contribution in [0.25, 0.3) is 0 Å². The van der Waals surface area contributed by atoms with E-state index in [9.17, 15) is 0 Å². The molecule has 0 aliphatic heterocycles. The van der Waals surface area contributed by atoms with E-state index in [-0.39, 0.29) is 0 Å². The van der Waals surface area contributed by atoms with Crippen LogP contribution >= 0.6 is 23.4 Å². The van der Waals surface area contributed by atoms with Gasteiger partial charge in [0.15, 0.2) is 5.16 Å². The van der Waals surface area contributed by atoms with Gasteiger partial charge in [0.1, 0.15) is 16.8 Å². The molecule has 0 bridgehead atoms. The SMILES string of the molecule is CSc1nc(Cl)cc(N(C)Cc2nccn2C)n1. The standard InChI is InChI=1S/C11H14ClN5S/c1-16-5-4-13-10(16)7-17(2)9-6-8(12)14-11(15-9)18-3/h4-6H,7H2,1-3H3. The number of anilines is 1. The molecule has 96 valence electrons. The van der Waals surface area contributed by atoms with Crippen LogP contribution in [-0.4, -0.2) is 32.8 Å². The molecule has 0 saturated heterocycles. The minimum absolute atomic E-state index is 0.455. The van der Waals surface area contributed by atoms with E-state index in [0.717, 1.165) is 11.6 Å². The van der Waals surface area contributed by atoms with Crippen LogP contribution in [-0.2, 0) is 13.6 Å². The van der Waals surface area contributed by atoms with Gasteiger partial charge in [0.05, 0.1) is 6.54 Å². The van der Waals surface area contributed by atoms with Crippen LogP contribution in [0.4, 0.5) is 5.82 Å². The number of hydrogen-bond acceptors (Lipinski definition) is 5. The Morgan fingerprint density at radius 1 is 1.44 bits per heavy atom. The van der Waals surface area contributed by atoms with Gasteiger partial charge in [-0.15, -0.1) is 0 Å². The third-order valence-electron chi connectivity index (χ3n) is 2.53. The Labute approximate surface area is 115 Å². The molecular formula is C11H14ClN5S. The summed E-state index contributed by atoms with van der Waals surface area (Å²) in [5.74, 6) is 1.76. The zero-order chi connectivity index (χ0) is 13.1. The molecule has 0 radical (unpaired) electrons. The Kier molecular flexibility index (Phi) is 4.08. The smallest absolute Gasteiger partial charge is 0.190 e. The summed E-state index contributed by atoms with van der Waals surface area (Å²) in [7, 11) is 3.92. The minimum atomic E-state index is 0.455. The van der Waals surface area contributed by atoms with Crippen LogP contribution in [0.2, 0.25) is 5.15 Å². The van der Waals surface area contributed by atoms with Crippen LogP contribution in [0.3, 0.4) is 0 Å². The fourth-order valence-corrected chi connectivity index (χ4v) is 2.12. The Morgan fingerprint density at radius 2 is 2.22 bits per heavy atom. The Balaban J connectivity index is 2.20. The Hall–Kier alpha value is -1.27. The van der Waals surface area contributed by atoms with Crippen LogP contribution in [0.5, 0.6) is 0 Å². The van der Waals surface area contributed by atoms with Gasteiger partial charge in [-0.25, -0.2) is 15.0 Å². The summed E-state index contributed by atoms with van der Waals surface area (Å²) in [5, 5.41) is 1.13. The van der Waals surface area contributed by atoms with E-state index >= 15 is 0 Å². The molecule has 0 N–H and O–H groups in total. The lowest BCUT2D eigenvalue weighted by molar-refractivity contribution is 0.749.